The Bertz CT molecular complexity index is 1090. The monoisotopic (exact) mass is 554 g/mol. The number of aliphatic hydroxyl groups excluding tert-OH is 1. The lowest BCUT2D eigenvalue weighted by atomic mass is 9.99. The van der Waals surface area contributed by atoms with Crippen LogP contribution < -0.4 is 27.8 Å². The standard InChI is InChI=1S/C25H33F3N6O5/c26-25(27,28)17-5-3-16(4-6-17)22(37)21(24(39)32-14-15-1-7-18(35)8-2-15)33-23(38)19(31)13-20(36)34(11-9-29)12-10-30/h1-8,19,21-22,35,37H,9-14,29-31H2,(H,32,39)(H,33,38)/t19-,21-,22+/m0/s1. The predicted octanol–water partition coefficient (Wildman–Crippen LogP) is -0.291. The molecule has 0 aliphatic rings. The normalized spacial score (nSPS) is 13.7. The van der Waals surface area contributed by atoms with Crippen LogP contribution in [0.3, 0.4) is 0 Å². The van der Waals surface area contributed by atoms with Gasteiger partial charge in [-0.15, -0.1) is 0 Å². The Labute approximate surface area is 223 Å². The van der Waals surface area contributed by atoms with Crippen molar-refractivity contribution in [1.29, 1.82) is 0 Å². The molecule has 0 fully saturated rings. The van der Waals surface area contributed by atoms with Gasteiger partial charge in [0.2, 0.25) is 17.7 Å². The summed E-state index contributed by atoms with van der Waals surface area (Å²) in [5, 5.41) is 25.1. The minimum Gasteiger partial charge on any atom is -0.508 e. The molecule has 0 spiro atoms. The summed E-state index contributed by atoms with van der Waals surface area (Å²) in [4.78, 5) is 39.7. The van der Waals surface area contributed by atoms with Crippen LogP contribution in [0, 0.1) is 0 Å². The summed E-state index contributed by atoms with van der Waals surface area (Å²) in [6.45, 7) is 0.660. The van der Waals surface area contributed by atoms with E-state index in [9.17, 15) is 37.8 Å². The Kier molecular flexibility index (Phi) is 11.7. The molecule has 3 amide bonds. The fraction of sp³-hybridized carbons (Fsp3) is 0.400. The molecule has 0 aromatic heterocycles. The molecule has 10 N–H and O–H groups in total. The third kappa shape index (κ3) is 9.51. The number of aliphatic hydroxyl groups is 1. The number of hydrogen-bond acceptors (Lipinski definition) is 8. The lowest BCUT2D eigenvalue weighted by molar-refractivity contribution is -0.138. The largest absolute Gasteiger partial charge is 0.508 e. The van der Waals surface area contributed by atoms with Gasteiger partial charge in [0, 0.05) is 32.7 Å². The molecule has 0 saturated heterocycles. The zero-order valence-electron chi connectivity index (χ0n) is 21.0. The van der Waals surface area contributed by atoms with Gasteiger partial charge in [0.25, 0.3) is 0 Å². The number of amides is 3. The fourth-order valence-electron chi connectivity index (χ4n) is 3.61. The Morgan fingerprint density at radius 3 is 2.00 bits per heavy atom. The molecule has 214 valence electrons. The van der Waals surface area contributed by atoms with Crippen LogP contribution in [-0.4, -0.2) is 71.1 Å². The Hall–Kier alpha value is -3.72. The molecule has 0 saturated carbocycles. The zero-order valence-corrected chi connectivity index (χ0v) is 21.0. The van der Waals surface area contributed by atoms with Gasteiger partial charge < -0.3 is 42.9 Å². The highest BCUT2D eigenvalue weighted by molar-refractivity contribution is 5.92. The fourth-order valence-corrected chi connectivity index (χ4v) is 3.61. The maximum absolute atomic E-state index is 13.0. The van der Waals surface area contributed by atoms with Crippen LogP contribution in [0.4, 0.5) is 13.2 Å². The van der Waals surface area contributed by atoms with Crippen molar-refractivity contribution < 1.29 is 37.8 Å². The number of carbonyl (C=O) groups is 3. The van der Waals surface area contributed by atoms with Gasteiger partial charge in [0.05, 0.1) is 18.0 Å². The Morgan fingerprint density at radius 1 is 0.923 bits per heavy atom. The van der Waals surface area contributed by atoms with Crippen molar-refractivity contribution in [3.8, 4) is 5.75 Å². The molecule has 2 aromatic carbocycles. The van der Waals surface area contributed by atoms with Gasteiger partial charge in [0.1, 0.15) is 17.9 Å². The van der Waals surface area contributed by atoms with Crippen molar-refractivity contribution in [1.82, 2.24) is 15.5 Å². The lowest BCUT2D eigenvalue weighted by Gasteiger charge is -2.26. The van der Waals surface area contributed by atoms with Gasteiger partial charge in [-0.3, -0.25) is 14.4 Å². The number of alkyl halides is 3. The first kappa shape index (κ1) is 31.5. The maximum Gasteiger partial charge on any atom is 0.416 e. The number of aromatic hydroxyl groups is 1. The zero-order chi connectivity index (χ0) is 29.2. The summed E-state index contributed by atoms with van der Waals surface area (Å²) in [7, 11) is 0. The molecule has 11 nitrogen and oxygen atoms in total. The molecular formula is C25H33F3N6O5. The second kappa shape index (κ2) is 14.4. The number of nitrogens with zero attached hydrogens (tertiary/aromatic N) is 1. The van der Waals surface area contributed by atoms with Crippen molar-refractivity contribution in [2.45, 2.75) is 37.3 Å². The van der Waals surface area contributed by atoms with E-state index >= 15 is 0 Å². The van der Waals surface area contributed by atoms with E-state index in [4.69, 9.17) is 17.2 Å². The molecular weight excluding hydrogens is 521 g/mol. The average molecular weight is 555 g/mol. The summed E-state index contributed by atoms with van der Waals surface area (Å²) >= 11 is 0. The van der Waals surface area contributed by atoms with Crippen LogP contribution in [0.1, 0.15) is 29.2 Å². The highest BCUT2D eigenvalue weighted by Crippen LogP contribution is 2.30. The van der Waals surface area contributed by atoms with Crippen molar-refractivity contribution >= 4 is 17.7 Å². The number of nitrogens with two attached hydrogens (primary N) is 3. The van der Waals surface area contributed by atoms with E-state index < -0.39 is 54.1 Å². The number of hydrogen-bond donors (Lipinski definition) is 7. The Morgan fingerprint density at radius 2 is 1.49 bits per heavy atom. The van der Waals surface area contributed by atoms with Gasteiger partial charge >= 0.3 is 6.18 Å². The van der Waals surface area contributed by atoms with Gasteiger partial charge in [-0.05, 0) is 35.4 Å². The molecule has 0 aliphatic carbocycles. The smallest absolute Gasteiger partial charge is 0.416 e. The first-order valence-corrected chi connectivity index (χ1v) is 12.0. The summed E-state index contributed by atoms with van der Waals surface area (Å²) in [6.07, 6.45) is -6.81. The molecule has 0 unspecified atom stereocenters. The molecule has 14 heteroatoms. The SMILES string of the molecule is NCCN(CCN)C(=O)C[C@H](N)C(=O)N[C@H](C(=O)NCc1ccc(O)cc1)[C@H](O)c1ccc(C(F)(F)F)cc1. The molecule has 0 radical (unpaired) electrons. The highest BCUT2D eigenvalue weighted by Gasteiger charge is 2.34. The van der Waals surface area contributed by atoms with Gasteiger partial charge in [-0.2, -0.15) is 13.2 Å². The van der Waals surface area contributed by atoms with Crippen LogP contribution in [0.2, 0.25) is 0 Å². The van der Waals surface area contributed by atoms with Crippen molar-refractivity contribution in [3.63, 3.8) is 0 Å². The van der Waals surface area contributed by atoms with E-state index in [0.717, 1.165) is 24.3 Å². The van der Waals surface area contributed by atoms with E-state index in [1.807, 2.05) is 0 Å². The number of rotatable bonds is 13. The third-order valence-corrected chi connectivity index (χ3v) is 5.76. The first-order chi connectivity index (χ1) is 18.4. The molecule has 3 atom stereocenters. The van der Waals surface area contributed by atoms with Crippen molar-refractivity contribution in [2.75, 3.05) is 26.2 Å². The number of carbonyl (C=O) groups excluding carboxylic acids is 3. The minimum atomic E-state index is -4.61. The van der Waals surface area contributed by atoms with Crippen molar-refractivity contribution in [2.24, 2.45) is 17.2 Å². The average Bonchev–Trinajstić information content (AvgIpc) is 2.90. The van der Waals surface area contributed by atoms with E-state index in [1.54, 1.807) is 0 Å². The summed E-state index contributed by atoms with van der Waals surface area (Å²) in [6, 6.07) is 6.22. The summed E-state index contributed by atoms with van der Waals surface area (Å²) < 4.78 is 38.9. The predicted molar refractivity (Wildman–Crippen MR) is 136 cm³/mol. The molecule has 2 aromatic rings. The Balaban J connectivity index is 2.21. The number of benzene rings is 2. The van der Waals surface area contributed by atoms with Crippen LogP contribution in [0.5, 0.6) is 5.75 Å². The van der Waals surface area contributed by atoms with Gasteiger partial charge in [-0.25, -0.2) is 0 Å². The maximum atomic E-state index is 13.0. The second-order valence-electron chi connectivity index (χ2n) is 8.70. The first-order valence-electron chi connectivity index (χ1n) is 12.0. The van der Waals surface area contributed by atoms with E-state index in [1.165, 1.54) is 29.2 Å². The molecule has 2 rings (SSSR count). The number of halogens is 3. The molecule has 0 aliphatic heterocycles. The topological polar surface area (TPSA) is 197 Å². The lowest BCUT2D eigenvalue weighted by Crippen LogP contribution is -2.55. The van der Waals surface area contributed by atoms with E-state index in [2.05, 4.69) is 10.6 Å². The third-order valence-electron chi connectivity index (χ3n) is 5.76. The molecule has 0 heterocycles. The minimum absolute atomic E-state index is 0.00738. The number of phenols is 1. The summed E-state index contributed by atoms with van der Waals surface area (Å²) in [5.74, 6) is -2.30. The summed E-state index contributed by atoms with van der Waals surface area (Å²) in [5.41, 5.74) is 16.4. The van der Waals surface area contributed by atoms with E-state index in [0.29, 0.717) is 5.56 Å². The second-order valence-corrected chi connectivity index (χ2v) is 8.70. The van der Waals surface area contributed by atoms with Crippen LogP contribution in [0.25, 0.3) is 0 Å². The quantitative estimate of drug-likeness (QED) is 0.175. The van der Waals surface area contributed by atoms with Crippen LogP contribution >= 0.6 is 0 Å². The van der Waals surface area contributed by atoms with Crippen molar-refractivity contribution in [3.05, 3.63) is 65.2 Å². The van der Waals surface area contributed by atoms with Crippen LogP contribution in [-0.2, 0) is 27.1 Å². The van der Waals surface area contributed by atoms with E-state index in [-0.39, 0.29) is 44.0 Å². The number of nitrogens with one attached hydrogen (secondary N) is 2. The molecule has 0 bridgehead atoms. The van der Waals surface area contributed by atoms with Gasteiger partial charge in [-0.1, -0.05) is 24.3 Å². The van der Waals surface area contributed by atoms with Gasteiger partial charge in [0.15, 0.2) is 0 Å². The number of phenolic OH excluding ortho intramolecular Hbond substituents is 1. The molecule has 39 heavy (non-hydrogen) atoms. The highest BCUT2D eigenvalue weighted by atomic mass is 19.4. The van der Waals surface area contributed by atoms with Crippen LogP contribution in [0.15, 0.2) is 48.5 Å².